The number of amides is 2. The van der Waals surface area contributed by atoms with Crippen LogP contribution in [0.25, 0.3) is 0 Å². The Bertz CT molecular complexity index is 309. The molecule has 0 bridgehead atoms. The minimum absolute atomic E-state index is 0.0127. The molecule has 2 aliphatic rings. The molecule has 17 heavy (non-hydrogen) atoms. The van der Waals surface area contributed by atoms with E-state index in [-0.39, 0.29) is 30.3 Å². The highest BCUT2D eigenvalue weighted by molar-refractivity contribution is 5.94. The molecule has 1 aliphatic carbocycles. The third-order valence-electron chi connectivity index (χ3n) is 3.85. The highest BCUT2D eigenvalue weighted by Crippen LogP contribution is 2.26. The summed E-state index contributed by atoms with van der Waals surface area (Å²) in [6.45, 7) is 4.97. The fourth-order valence-electron chi connectivity index (χ4n) is 2.84. The maximum atomic E-state index is 12.2. The van der Waals surface area contributed by atoms with Gasteiger partial charge < -0.3 is 10.2 Å². The predicted octanol–water partition coefficient (Wildman–Crippen LogP) is 1.16. The van der Waals surface area contributed by atoms with Crippen molar-refractivity contribution in [3.05, 3.63) is 0 Å². The van der Waals surface area contributed by atoms with E-state index in [9.17, 15) is 9.59 Å². The van der Waals surface area contributed by atoms with Crippen LogP contribution in [-0.2, 0) is 9.59 Å². The number of piperazine rings is 1. The van der Waals surface area contributed by atoms with Crippen LogP contribution in [-0.4, -0.2) is 35.8 Å². The van der Waals surface area contributed by atoms with Crippen LogP contribution >= 0.6 is 0 Å². The van der Waals surface area contributed by atoms with Crippen LogP contribution in [0.3, 0.4) is 0 Å². The van der Waals surface area contributed by atoms with Crippen LogP contribution in [0.1, 0.15) is 39.5 Å². The zero-order valence-electron chi connectivity index (χ0n) is 10.7. The second-order valence-electron chi connectivity index (χ2n) is 5.66. The van der Waals surface area contributed by atoms with E-state index in [1.165, 1.54) is 25.7 Å². The summed E-state index contributed by atoms with van der Waals surface area (Å²) >= 11 is 0. The van der Waals surface area contributed by atoms with Crippen molar-refractivity contribution in [2.75, 3.05) is 13.1 Å². The van der Waals surface area contributed by atoms with Crippen LogP contribution in [0.5, 0.6) is 0 Å². The minimum Gasteiger partial charge on any atom is -0.343 e. The van der Waals surface area contributed by atoms with Gasteiger partial charge in [0.1, 0.15) is 6.04 Å². The lowest BCUT2D eigenvalue weighted by atomic mass is 9.99. The van der Waals surface area contributed by atoms with Gasteiger partial charge in [0.05, 0.1) is 6.54 Å². The average Bonchev–Trinajstić information content (AvgIpc) is 2.75. The Morgan fingerprint density at radius 2 is 1.94 bits per heavy atom. The second kappa shape index (κ2) is 5.07. The van der Waals surface area contributed by atoms with Gasteiger partial charge >= 0.3 is 0 Å². The van der Waals surface area contributed by atoms with Gasteiger partial charge in [-0.05, 0) is 24.7 Å². The van der Waals surface area contributed by atoms with E-state index >= 15 is 0 Å². The second-order valence-corrected chi connectivity index (χ2v) is 5.66. The lowest BCUT2D eigenvalue weighted by molar-refractivity contribution is -0.146. The molecule has 0 spiro atoms. The molecule has 1 heterocycles. The summed E-state index contributed by atoms with van der Waals surface area (Å²) in [5.74, 6) is 0.864. The van der Waals surface area contributed by atoms with Crippen LogP contribution in [0.15, 0.2) is 0 Å². The largest absolute Gasteiger partial charge is 0.343 e. The fraction of sp³-hybridized carbons (Fsp3) is 0.846. The predicted molar refractivity (Wildman–Crippen MR) is 65.3 cm³/mol. The monoisotopic (exact) mass is 238 g/mol. The topological polar surface area (TPSA) is 49.4 Å². The maximum absolute atomic E-state index is 12.2. The summed E-state index contributed by atoms with van der Waals surface area (Å²) in [5, 5.41) is 2.79. The van der Waals surface area contributed by atoms with E-state index in [1.807, 2.05) is 13.8 Å². The van der Waals surface area contributed by atoms with Gasteiger partial charge in [-0.25, -0.2) is 0 Å². The van der Waals surface area contributed by atoms with Crippen molar-refractivity contribution in [2.24, 2.45) is 11.8 Å². The van der Waals surface area contributed by atoms with Crippen LogP contribution < -0.4 is 5.32 Å². The molecule has 1 atom stereocenters. The van der Waals surface area contributed by atoms with E-state index in [0.29, 0.717) is 5.92 Å². The standard InChI is InChI=1S/C13H22N2O2/c1-9(2)12-13(17)15(8-11(16)14-12)7-10-5-3-4-6-10/h9-10,12H,3-8H2,1-2H3,(H,14,16). The van der Waals surface area contributed by atoms with Gasteiger partial charge in [-0.2, -0.15) is 0 Å². The smallest absolute Gasteiger partial charge is 0.245 e. The Labute approximate surface area is 103 Å². The molecule has 0 radical (unpaired) electrons. The molecule has 2 rings (SSSR count). The van der Waals surface area contributed by atoms with Crippen molar-refractivity contribution in [1.82, 2.24) is 10.2 Å². The number of nitrogens with zero attached hydrogens (tertiary/aromatic N) is 1. The van der Waals surface area contributed by atoms with Gasteiger partial charge in [0, 0.05) is 6.54 Å². The van der Waals surface area contributed by atoms with E-state index < -0.39 is 0 Å². The molecule has 1 saturated heterocycles. The summed E-state index contributed by atoms with van der Waals surface area (Å²) in [6.07, 6.45) is 4.95. The fourth-order valence-corrected chi connectivity index (χ4v) is 2.84. The van der Waals surface area contributed by atoms with E-state index in [0.717, 1.165) is 6.54 Å². The summed E-state index contributed by atoms with van der Waals surface area (Å²) in [7, 11) is 0. The SMILES string of the molecule is CC(C)C1NC(=O)CN(CC2CCCC2)C1=O. The quantitative estimate of drug-likeness (QED) is 0.802. The Hall–Kier alpha value is -1.06. The zero-order chi connectivity index (χ0) is 12.4. The number of hydrogen-bond donors (Lipinski definition) is 1. The van der Waals surface area contributed by atoms with E-state index in [4.69, 9.17) is 0 Å². The first kappa shape index (κ1) is 12.4. The molecule has 2 amide bonds. The molecule has 2 fully saturated rings. The first-order valence-corrected chi connectivity index (χ1v) is 6.66. The Kier molecular flexibility index (Phi) is 3.69. The molecule has 0 aromatic heterocycles. The van der Waals surface area contributed by atoms with Gasteiger partial charge in [0.25, 0.3) is 0 Å². The lowest BCUT2D eigenvalue weighted by Gasteiger charge is -2.35. The highest BCUT2D eigenvalue weighted by Gasteiger charge is 2.35. The van der Waals surface area contributed by atoms with Crippen molar-refractivity contribution >= 4 is 11.8 Å². The number of carbonyl (C=O) groups is 2. The molecular weight excluding hydrogens is 216 g/mol. The van der Waals surface area contributed by atoms with Crippen molar-refractivity contribution < 1.29 is 9.59 Å². The Balaban J connectivity index is 1.99. The van der Waals surface area contributed by atoms with Crippen LogP contribution in [0, 0.1) is 11.8 Å². The number of nitrogens with one attached hydrogen (secondary N) is 1. The summed E-state index contributed by atoms with van der Waals surface area (Å²) < 4.78 is 0. The van der Waals surface area contributed by atoms with Crippen molar-refractivity contribution in [2.45, 2.75) is 45.6 Å². The molecule has 1 unspecified atom stereocenters. The Morgan fingerprint density at radius 1 is 1.29 bits per heavy atom. The average molecular weight is 238 g/mol. The van der Waals surface area contributed by atoms with Gasteiger partial charge in [-0.3, -0.25) is 9.59 Å². The van der Waals surface area contributed by atoms with Crippen molar-refractivity contribution in [1.29, 1.82) is 0 Å². The minimum atomic E-state index is -0.322. The molecule has 0 aromatic carbocycles. The molecule has 4 heteroatoms. The molecule has 4 nitrogen and oxygen atoms in total. The molecule has 1 N–H and O–H groups in total. The highest BCUT2D eigenvalue weighted by atomic mass is 16.2. The molecule has 96 valence electrons. The van der Waals surface area contributed by atoms with Gasteiger partial charge in [0.15, 0.2) is 0 Å². The molecular formula is C13H22N2O2. The number of hydrogen-bond acceptors (Lipinski definition) is 2. The van der Waals surface area contributed by atoms with E-state index in [2.05, 4.69) is 5.32 Å². The molecule has 1 aliphatic heterocycles. The van der Waals surface area contributed by atoms with Gasteiger partial charge in [0.2, 0.25) is 11.8 Å². The summed E-state index contributed by atoms with van der Waals surface area (Å²) in [6, 6.07) is -0.322. The van der Waals surface area contributed by atoms with Gasteiger partial charge in [-0.1, -0.05) is 26.7 Å². The summed E-state index contributed by atoms with van der Waals surface area (Å²) in [4.78, 5) is 25.6. The van der Waals surface area contributed by atoms with Crippen molar-refractivity contribution in [3.8, 4) is 0 Å². The lowest BCUT2D eigenvalue weighted by Crippen LogP contribution is -2.60. The Morgan fingerprint density at radius 3 is 2.53 bits per heavy atom. The number of rotatable bonds is 3. The van der Waals surface area contributed by atoms with Crippen LogP contribution in [0.4, 0.5) is 0 Å². The summed E-state index contributed by atoms with van der Waals surface area (Å²) in [5.41, 5.74) is 0. The molecule has 1 saturated carbocycles. The third kappa shape index (κ3) is 2.79. The number of carbonyl (C=O) groups excluding carboxylic acids is 2. The van der Waals surface area contributed by atoms with Gasteiger partial charge in [-0.15, -0.1) is 0 Å². The van der Waals surface area contributed by atoms with E-state index in [1.54, 1.807) is 4.90 Å². The third-order valence-corrected chi connectivity index (χ3v) is 3.85. The van der Waals surface area contributed by atoms with Crippen LogP contribution in [0.2, 0.25) is 0 Å². The normalized spacial score (nSPS) is 26.8. The first-order chi connectivity index (χ1) is 8.08. The molecule has 0 aromatic rings. The maximum Gasteiger partial charge on any atom is 0.245 e. The zero-order valence-corrected chi connectivity index (χ0v) is 10.7. The van der Waals surface area contributed by atoms with Crippen molar-refractivity contribution in [3.63, 3.8) is 0 Å². The first-order valence-electron chi connectivity index (χ1n) is 6.66.